The minimum Gasteiger partial charge on any atom is -0.503 e. The summed E-state index contributed by atoms with van der Waals surface area (Å²) < 4.78 is 5.67. The van der Waals surface area contributed by atoms with Gasteiger partial charge in [0.05, 0.1) is 22.6 Å². The number of benzene rings is 1. The first kappa shape index (κ1) is 19.2. The van der Waals surface area contributed by atoms with E-state index in [9.17, 15) is 14.7 Å². The van der Waals surface area contributed by atoms with E-state index in [1.54, 1.807) is 22.4 Å². The zero-order valence-corrected chi connectivity index (χ0v) is 16.5. The van der Waals surface area contributed by atoms with Crippen molar-refractivity contribution in [2.45, 2.75) is 39.3 Å². The number of ether oxygens (including phenoxy) is 1. The summed E-state index contributed by atoms with van der Waals surface area (Å²) in [5, 5.41) is 12.3. The van der Waals surface area contributed by atoms with Gasteiger partial charge in [0.15, 0.2) is 5.76 Å². The third kappa shape index (κ3) is 3.76. The Bertz CT molecular complexity index is 853. The summed E-state index contributed by atoms with van der Waals surface area (Å²) in [5.41, 5.74) is 0.922. The second-order valence-electron chi connectivity index (χ2n) is 6.71. The summed E-state index contributed by atoms with van der Waals surface area (Å²) in [6.07, 6.45) is 0.783. The molecule has 0 bridgehead atoms. The highest BCUT2D eigenvalue weighted by Crippen LogP contribution is 2.40. The summed E-state index contributed by atoms with van der Waals surface area (Å²) in [7, 11) is 0. The fourth-order valence-corrected chi connectivity index (χ4v) is 3.92. The Labute approximate surface area is 162 Å². The van der Waals surface area contributed by atoms with Crippen LogP contribution in [0.2, 0.25) is 0 Å². The zero-order chi connectivity index (χ0) is 19.6. The van der Waals surface area contributed by atoms with E-state index in [1.165, 1.54) is 11.3 Å². The zero-order valence-electron chi connectivity index (χ0n) is 15.6. The SMILES string of the molecule is CCCN1C(=O)C(O)=C(C(=O)c2cccs2)C1c1ccc(OC(C)C)cc1. The van der Waals surface area contributed by atoms with Crippen molar-refractivity contribution in [1.29, 1.82) is 0 Å². The van der Waals surface area contributed by atoms with Gasteiger partial charge in [-0.2, -0.15) is 0 Å². The summed E-state index contributed by atoms with van der Waals surface area (Å²) >= 11 is 1.30. The molecule has 1 aliphatic rings. The van der Waals surface area contributed by atoms with Crippen LogP contribution in [-0.4, -0.2) is 34.3 Å². The molecule has 0 fully saturated rings. The Morgan fingerprint density at radius 2 is 1.96 bits per heavy atom. The number of aliphatic hydroxyl groups excluding tert-OH is 1. The predicted octanol–water partition coefficient (Wildman–Crippen LogP) is 4.52. The molecule has 0 saturated heterocycles. The van der Waals surface area contributed by atoms with Crippen molar-refractivity contribution in [2.75, 3.05) is 6.54 Å². The lowest BCUT2D eigenvalue weighted by molar-refractivity contribution is -0.129. The molecule has 1 unspecified atom stereocenters. The van der Waals surface area contributed by atoms with E-state index in [0.717, 1.165) is 17.7 Å². The van der Waals surface area contributed by atoms with Gasteiger partial charge in [-0.25, -0.2) is 0 Å². The van der Waals surface area contributed by atoms with Gasteiger partial charge in [-0.1, -0.05) is 25.1 Å². The number of ketones is 1. The van der Waals surface area contributed by atoms with Gasteiger partial charge in [0.1, 0.15) is 5.75 Å². The van der Waals surface area contributed by atoms with E-state index in [-0.39, 0.29) is 17.5 Å². The molecule has 1 N–H and O–H groups in total. The van der Waals surface area contributed by atoms with Gasteiger partial charge < -0.3 is 14.7 Å². The van der Waals surface area contributed by atoms with Crippen LogP contribution in [0, 0.1) is 0 Å². The van der Waals surface area contributed by atoms with E-state index in [0.29, 0.717) is 11.4 Å². The van der Waals surface area contributed by atoms with Gasteiger partial charge in [0.25, 0.3) is 5.91 Å². The van der Waals surface area contributed by atoms with Gasteiger partial charge in [0, 0.05) is 6.54 Å². The molecule has 0 radical (unpaired) electrons. The number of aliphatic hydroxyl groups is 1. The van der Waals surface area contributed by atoms with Crippen LogP contribution in [0.4, 0.5) is 0 Å². The minimum absolute atomic E-state index is 0.0559. The Kier molecular flexibility index (Phi) is 5.65. The summed E-state index contributed by atoms with van der Waals surface area (Å²) in [6, 6.07) is 10.2. The number of hydrogen-bond acceptors (Lipinski definition) is 5. The topological polar surface area (TPSA) is 66.8 Å². The molecule has 0 aliphatic carbocycles. The Morgan fingerprint density at radius 3 is 2.52 bits per heavy atom. The number of carbonyl (C=O) groups excluding carboxylic acids is 2. The lowest BCUT2D eigenvalue weighted by Crippen LogP contribution is -2.31. The third-order valence-corrected chi connectivity index (χ3v) is 5.19. The Balaban J connectivity index is 2.01. The summed E-state index contributed by atoms with van der Waals surface area (Å²) in [6.45, 7) is 6.31. The molecule has 0 saturated carbocycles. The van der Waals surface area contributed by atoms with Crippen molar-refractivity contribution in [3.63, 3.8) is 0 Å². The lowest BCUT2D eigenvalue weighted by atomic mass is 9.95. The Morgan fingerprint density at radius 1 is 1.26 bits per heavy atom. The predicted molar refractivity (Wildman–Crippen MR) is 105 cm³/mol. The van der Waals surface area contributed by atoms with Gasteiger partial charge in [-0.15, -0.1) is 11.3 Å². The number of Topliss-reactive ketones (excluding diaryl/α,β-unsaturated/α-hetero) is 1. The van der Waals surface area contributed by atoms with E-state index >= 15 is 0 Å². The van der Waals surface area contributed by atoms with Crippen LogP contribution < -0.4 is 4.74 Å². The maximum Gasteiger partial charge on any atom is 0.290 e. The van der Waals surface area contributed by atoms with Crippen molar-refractivity contribution < 1.29 is 19.4 Å². The van der Waals surface area contributed by atoms with Gasteiger partial charge >= 0.3 is 0 Å². The summed E-state index contributed by atoms with van der Waals surface area (Å²) in [5.74, 6) is -0.528. The number of carbonyl (C=O) groups is 2. The molecule has 142 valence electrons. The van der Waals surface area contributed by atoms with E-state index in [1.807, 2.05) is 45.0 Å². The molecule has 27 heavy (non-hydrogen) atoms. The average Bonchev–Trinajstić information content (AvgIpc) is 3.25. The van der Waals surface area contributed by atoms with Crippen molar-refractivity contribution in [1.82, 2.24) is 4.90 Å². The van der Waals surface area contributed by atoms with Crippen molar-refractivity contribution in [3.05, 3.63) is 63.6 Å². The third-order valence-electron chi connectivity index (χ3n) is 4.33. The molecule has 1 atom stereocenters. The van der Waals surface area contributed by atoms with E-state index < -0.39 is 17.7 Å². The maximum atomic E-state index is 13.0. The largest absolute Gasteiger partial charge is 0.503 e. The lowest BCUT2D eigenvalue weighted by Gasteiger charge is -2.26. The Hall–Kier alpha value is -2.60. The van der Waals surface area contributed by atoms with Crippen LogP contribution in [0.25, 0.3) is 0 Å². The fourth-order valence-electron chi connectivity index (χ4n) is 3.25. The fraction of sp³-hybridized carbons (Fsp3) is 0.333. The minimum atomic E-state index is -0.597. The second-order valence-corrected chi connectivity index (χ2v) is 7.65. The van der Waals surface area contributed by atoms with Crippen molar-refractivity contribution in [2.24, 2.45) is 0 Å². The first-order valence-electron chi connectivity index (χ1n) is 9.03. The number of hydrogen-bond donors (Lipinski definition) is 1. The van der Waals surface area contributed by atoms with Crippen molar-refractivity contribution in [3.8, 4) is 5.75 Å². The van der Waals surface area contributed by atoms with Crippen LogP contribution in [0.1, 0.15) is 48.5 Å². The molecular formula is C21H23NO4S. The molecule has 1 aromatic heterocycles. The number of rotatable bonds is 7. The van der Waals surface area contributed by atoms with Gasteiger partial charge in [-0.3, -0.25) is 9.59 Å². The summed E-state index contributed by atoms with van der Waals surface area (Å²) in [4.78, 5) is 27.7. The first-order chi connectivity index (χ1) is 12.9. The van der Waals surface area contributed by atoms with Gasteiger partial charge in [0.2, 0.25) is 5.78 Å². The highest BCUT2D eigenvalue weighted by atomic mass is 32.1. The smallest absolute Gasteiger partial charge is 0.290 e. The van der Waals surface area contributed by atoms with Crippen LogP contribution in [0.3, 0.4) is 0 Å². The van der Waals surface area contributed by atoms with Crippen LogP contribution in [0.15, 0.2) is 53.1 Å². The molecule has 1 aromatic carbocycles. The normalized spacial score (nSPS) is 17.1. The van der Waals surface area contributed by atoms with Crippen molar-refractivity contribution >= 4 is 23.0 Å². The van der Waals surface area contributed by atoms with Crippen LogP contribution in [0.5, 0.6) is 5.75 Å². The molecule has 3 rings (SSSR count). The molecule has 1 aliphatic heterocycles. The van der Waals surface area contributed by atoms with E-state index in [2.05, 4.69) is 0 Å². The first-order valence-corrected chi connectivity index (χ1v) is 9.91. The number of amides is 1. The molecular weight excluding hydrogens is 362 g/mol. The van der Waals surface area contributed by atoms with E-state index in [4.69, 9.17) is 4.74 Å². The average molecular weight is 385 g/mol. The van der Waals surface area contributed by atoms with Crippen LogP contribution in [-0.2, 0) is 4.79 Å². The monoisotopic (exact) mass is 385 g/mol. The highest BCUT2D eigenvalue weighted by molar-refractivity contribution is 7.12. The second kappa shape index (κ2) is 7.96. The molecule has 2 aromatic rings. The molecule has 0 spiro atoms. The highest BCUT2D eigenvalue weighted by Gasteiger charge is 2.43. The maximum absolute atomic E-state index is 13.0. The standard InChI is InChI=1S/C21H23NO4S/c1-4-11-22-18(14-7-9-15(10-8-14)26-13(2)3)17(20(24)21(22)25)19(23)16-6-5-12-27-16/h5-10,12-13,18,24H,4,11H2,1-3H3. The van der Waals surface area contributed by atoms with Crippen LogP contribution >= 0.6 is 11.3 Å². The number of thiophene rings is 1. The quantitative estimate of drug-likeness (QED) is 0.712. The van der Waals surface area contributed by atoms with Gasteiger partial charge in [-0.05, 0) is 49.4 Å². The number of nitrogens with zero attached hydrogens (tertiary/aromatic N) is 1. The molecule has 5 nitrogen and oxygen atoms in total. The molecule has 1 amide bonds. The molecule has 2 heterocycles. The molecule has 6 heteroatoms.